The fourth-order valence-corrected chi connectivity index (χ4v) is 2.54. The van der Waals surface area contributed by atoms with Gasteiger partial charge in [0.25, 0.3) is 5.91 Å². The second-order valence-electron chi connectivity index (χ2n) is 6.33. The molecule has 0 heterocycles. The van der Waals surface area contributed by atoms with Gasteiger partial charge in [-0.2, -0.15) is 0 Å². The Morgan fingerprint density at radius 3 is 2.44 bits per heavy atom. The maximum absolute atomic E-state index is 13.7. The van der Waals surface area contributed by atoms with E-state index in [0.717, 1.165) is 18.9 Å². The molecule has 0 aliphatic heterocycles. The maximum Gasteiger partial charge on any atom is 0.339 e. The summed E-state index contributed by atoms with van der Waals surface area (Å²) in [4.78, 5) is 24.3. The largest absolute Gasteiger partial charge is 0.494 e. The zero-order valence-electron chi connectivity index (χ0n) is 15.7. The van der Waals surface area contributed by atoms with Crippen molar-refractivity contribution in [3.05, 3.63) is 65.5 Å². The molecule has 0 saturated heterocycles. The highest BCUT2D eigenvalue weighted by molar-refractivity contribution is 5.92. The van der Waals surface area contributed by atoms with Crippen molar-refractivity contribution in [1.29, 1.82) is 0 Å². The summed E-state index contributed by atoms with van der Waals surface area (Å²) in [5, 5.41) is 2.83. The van der Waals surface area contributed by atoms with Crippen LogP contribution in [0.25, 0.3) is 0 Å². The first-order valence-electron chi connectivity index (χ1n) is 8.79. The summed E-state index contributed by atoms with van der Waals surface area (Å²) in [5.74, 6) is -1.79. The number of nitrogens with one attached hydrogen (secondary N) is 1. The number of halogens is 1. The van der Waals surface area contributed by atoms with Gasteiger partial charge >= 0.3 is 5.97 Å². The molecule has 0 unspecified atom stereocenters. The topological polar surface area (TPSA) is 64.6 Å². The van der Waals surface area contributed by atoms with Crippen LogP contribution in [0.15, 0.2) is 48.5 Å². The molecule has 0 aromatic heterocycles. The van der Waals surface area contributed by atoms with Crippen molar-refractivity contribution >= 4 is 11.9 Å². The van der Waals surface area contributed by atoms with E-state index < -0.39 is 23.8 Å². The van der Waals surface area contributed by atoms with E-state index in [1.165, 1.54) is 31.7 Å². The average molecular weight is 373 g/mol. The lowest BCUT2D eigenvalue weighted by atomic mass is 10.1. The lowest BCUT2D eigenvalue weighted by Gasteiger charge is -2.18. The summed E-state index contributed by atoms with van der Waals surface area (Å²) in [6.07, 6.45) is 0.614. The van der Waals surface area contributed by atoms with Gasteiger partial charge in [0, 0.05) is 6.04 Å². The van der Waals surface area contributed by atoms with E-state index >= 15 is 0 Å². The highest BCUT2D eigenvalue weighted by atomic mass is 19.1. The number of hydrogen-bond acceptors (Lipinski definition) is 4. The monoisotopic (exact) mass is 373 g/mol. The van der Waals surface area contributed by atoms with E-state index in [-0.39, 0.29) is 17.4 Å². The molecule has 0 aliphatic rings. The lowest BCUT2D eigenvalue weighted by molar-refractivity contribution is -0.129. The van der Waals surface area contributed by atoms with E-state index in [1.54, 1.807) is 0 Å². The molecular weight excluding hydrogens is 349 g/mol. The van der Waals surface area contributed by atoms with Crippen LogP contribution in [0, 0.1) is 5.82 Å². The van der Waals surface area contributed by atoms with Crippen molar-refractivity contribution in [3.63, 3.8) is 0 Å². The molecule has 0 radical (unpaired) electrons. The van der Waals surface area contributed by atoms with E-state index in [9.17, 15) is 14.0 Å². The molecular formula is C21H24FNO4. The van der Waals surface area contributed by atoms with Gasteiger partial charge in [0.2, 0.25) is 0 Å². The van der Waals surface area contributed by atoms with Crippen LogP contribution in [-0.4, -0.2) is 31.1 Å². The Balaban J connectivity index is 1.83. The summed E-state index contributed by atoms with van der Waals surface area (Å²) < 4.78 is 23.6. The van der Waals surface area contributed by atoms with Gasteiger partial charge < -0.3 is 14.8 Å². The summed E-state index contributed by atoms with van der Waals surface area (Å²) in [6.45, 7) is 3.38. The van der Waals surface area contributed by atoms with Gasteiger partial charge in [-0.15, -0.1) is 0 Å². The number of carbonyl (C=O) groups excluding carboxylic acids is 2. The van der Waals surface area contributed by atoms with Gasteiger partial charge in [-0.05, 0) is 50.5 Å². The molecule has 2 atom stereocenters. The van der Waals surface area contributed by atoms with Gasteiger partial charge in [-0.3, -0.25) is 4.79 Å². The van der Waals surface area contributed by atoms with Gasteiger partial charge in [-0.25, -0.2) is 9.18 Å². The minimum atomic E-state index is -0.984. The molecule has 144 valence electrons. The maximum atomic E-state index is 13.7. The third-order valence-electron chi connectivity index (χ3n) is 4.14. The number of hydrogen-bond donors (Lipinski definition) is 1. The molecule has 0 aliphatic carbocycles. The zero-order valence-corrected chi connectivity index (χ0v) is 15.7. The van der Waals surface area contributed by atoms with E-state index in [1.807, 2.05) is 37.3 Å². The number of esters is 1. The van der Waals surface area contributed by atoms with Crippen LogP contribution in [0.3, 0.4) is 0 Å². The first-order chi connectivity index (χ1) is 12.9. The molecule has 2 rings (SSSR count). The third-order valence-corrected chi connectivity index (χ3v) is 4.14. The van der Waals surface area contributed by atoms with Crippen molar-refractivity contribution in [1.82, 2.24) is 5.32 Å². The fraction of sp³-hybridized carbons (Fsp3) is 0.333. The average Bonchev–Trinajstić information content (AvgIpc) is 2.67. The number of benzene rings is 2. The lowest BCUT2D eigenvalue weighted by Crippen LogP contribution is -2.41. The number of rotatable bonds is 8. The standard InChI is InChI=1S/C21H24FNO4/c1-14(9-10-16-7-5-4-6-8-16)23-20(24)15(2)27-21(25)17-11-12-19(26-3)18(22)13-17/h4-8,11-15H,9-10H2,1-3H3,(H,23,24)/t14-,15-/m1/s1. The highest BCUT2D eigenvalue weighted by Gasteiger charge is 2.21. The highest BCUT2D eigenvalue weighted by Crippen LogP contribution is 2.18. The van der Waals surface area contributed by atoms with E-state index in [0.29, 0.717) is 0 Å². The Kier molecular flexibility index (Phi) is 7.34. The van der Waals surface area contributed by atoms with Gasteiger partial charge in [0.15, 0.2) is 17.7 Å². The predicted molar refractivity (Wildman–Crippen MR) is 100 cm³/mol. The first kappa shape index (κ1) is 20.4. The van der Waals surface area contributed by atoms with Gasteiger partial charge in [0.05, 0.1) is 12.7 Å². The number of amides is 1. The molecule has 0 saturated carbocycles. The quantitative estimate of drug-likeness (QED) is 0.719. The molecule has 0 spiro atoms. The molecule has 1 N–H and O–H groups in total. The van der Waals surface area contributed by atoms with Gasteiger partial charge in [-0.1, -0.05) is 30.3 Å². The molecule has 27 heavy (non-hydrogen) atoms. The smallest absolute Gasteiger partial charge is 0.339 e. The SMILES string of the molecule is COc1ccc(C(=O)O[C@H](C)C(=O)N[C@H](C)CCc2ccccc2)cc1F. The second kappa shape index (κ2) is 9.71. The first-order valence-corrected chi connectivity index (χ1v) is 8.79. The van der Waals surface area contributed by atoms with Crippen LogP contribution in [0.2, 0.25) is 0 Å². The molecule has 1 amide bonds. The molecule has 5 nitrogen and oxygen atoms in total. The predicted octanol–water partition coefficient (Wildman–Crippen LogP) is 3.52. The Bertz CT molecular complexity index is 779. The molecule has 6 heteroatoms. The van der Waals surface area contributed by atoms with Crippen LogP contribution >= 0.6 is 0 Å². The van der Waals surface area contributed by atoms with E-state index in [2.05, 4.69) is 5.32 Å². The fourth-order valence-electron chi connectivity index (χ4n) is 2.54. The minimum Gasteiger partial charge on any atom is -0.494 e. The summed E-state index contributed by atoms with van der Waals surface area (Å²) in [5.41, 5.74) is 1.21. The number of ether oxygens (including phenoxy) is 2. The Morgan fingerprint density at radius 2 is 1.81 bits per heavy atom. The van der Waals surface area contributed by atoms with Crippen molar-refractivity contribution < 1.29 is 23.5 Å². The summed E-state index contributed by atoms with van der Waals surface area (Å²) in [6, 6.07) is 13.6. The minimum absolute atomic E-state index is 0.0186. The van der Waals surface area contributed by atoms with Crippen molar-refractivity contribution in [2.75, 3.05) is 7.11 Å². The van der Waals surface area contributed by atoms with Crippen LogP contribution in [-0.2, 0) is 16.0 Å². The van der Waals surface area contributed by atoms with Crippen LogP contribution < -0.4 is 10.1 Å². The summed E-state index contributed by atoms with van der Waals surface area (Å²) in [7, 11) is 1.34. The Morgan fingerprint density at radius 1 is 1.11 bits per heavy atom. The van der Waals surface area contributed by atoms with Crippen molar-refractivity contribution in [2.45, 2.75) is 38.8 Å². The second-order valence-corrected chi connectivity index (χ2v) is 6.33. The number of aryl methyl sites for hydroxylation is 1. The molecule has 0 fully saturated rings. The normalized spacial score (nSPS) is 12.7. The number of carbonyl (C=O) groups is 2. The summed E-state index contributed by atoms with van der Waals surface area (Å²) >= 11 is 0. The van der Waals surface area contributed by atoms with Crippen LogP contribution in [0.4, 0.5) is 4.39 Å². The Labute approximate surface area is 158 Å². The number of methoxy groups -OCH3 is 1. The van der Waals surface area contributed by atoms with Gasteiger partial charge in [0.1, 0.15) is 0 Å². The molecule has 2 aromatic rings. The Hall–Kier alpha value is -2.89. The molecule has 0 bridgehead atoms. The molecule has 2 aromatic carbocycles. The van der Waals surface area contributed by atoms with Crippen molar-refractivity contribution in [3.8, 4) is 5.75 Å². The third kappa shape index (κ3) is 6.09. The van der Waals surface area contributed by atoms with Crippen molar-refractivity contribution in [2.24, 2.45) is 0 Å². The van der Waals surface area contributed by atoms with E-state index in [4.69, 9.17) is 9.47 Å². The zero-order chi connectivity index (χ0) is 19.8. The van der Waals surface area contributed by atoms with Crippen LogP contribution in [0.5, 0.6) is 5.75 Å². The van der Waals surface area contributed by atoms with Crippen LogP contribution in [0.1, 0.15) is 36.2 Å².